The van der Waals surface area contributed by atoms with Crippen LogP contribution >= 0.6 is 30.1 Å². The molecular weight excluding hydrogens is 476 g/mol. The van der Waals surface area contributed by atoms with Crippen LogP contribution in [0.5, 0.6) is 0 Å². The van der Waals surface area contributed by atoms with Crippen molar-refractivity contribution in [3.63, 3.8) is 0 Å². The summed E-state index contributed by atoms with van der Waals surface area (Å²) >= 11 is 2.05. The van der Waals surface area contributed by atoms with Gasteiger partial charge >= 0.3 is 6.18 Å². The molecule has 2 rings (SSSR count). The van der Waals surface area contributed by atoms with Crippen LogP contribution in [0.1, 0.15) is 33.1 Å². The highest BCUT2D eigenvalue weighted by Gasteiger charge is 2.37. The minimum atomic E-state index is -4.53. The number of anilines is 1. The molecule has 1 atom stereocenters. The number of alkyl halides is 3. The Morgan fingerprint density at radius 2 is 1.88 bits per heavy atom. The molecule has 0 amide bonds. The quantitative estimate of drug-likeness (QED) is 0.363. The fourth-order valence-corrected chi connectivity index (χ4v) is 2.78. The summed E-state index contributed by atoms with van der Waals surface area (Å²) < 4.78 is 38.1. The summed E-state index contributed by atoms with van der Waals surface area (Å²) in [6, 6.07) is 8.25. The largest absolute Gasteiger partial charge is 0.407 e. The van der Waals surface area contributed by atoms with Crippen LogP contribution in [0.15, 0.2) is 42.5 Å². The van der Waals surface area contributed by atoms with Gasteiger partial charge in [0.25, 0.3) is 0 Å². The van der Waals surface area contributed by atoms with Gasteiger partial charge in [0, 0.05) is 50.6 Å². The number of carbonyl (C=O) groups is 1. The summed E-state index contributed by atoms with van der Waals surface area (Å²) in [4.78, 5) is 12.8. The summed E-state index contributed by atoms with van der Waals surface area (Å²) in [6.07, 6.45) is -4.53. The molecule has 3 N–H and O–H groups in total. The van der Waals surface area contributed by atoms with E-state index in [4.69, 9.17) is 5.73 Å². The van der Waals surface area contributed by atoms with Crippen molar-refractivity contribution >= 4 is 41.6 Å². The number of benzene rings is 2. The zero-order chi connectivity index (χ0) is 19.3. The molecule has 26 heavy (non-hydrogen) atoms. The lowest BCUT2D eigenvalue weighted by atomic mass is 9.97. The molecule has 0 heterocycles. The van der Waals surface area contributed by atoms with E-state index in [0.717, 1.165) is 0 Å². The second-order valence-electron chi connectivity index (χ2n) is 5.28. The van der Waals surface area contributed by atoms with E-state index in [1.54, 1.807) is 25.2 Å². The van der Waals surface area contributed by atoms with E-state index < -0.39 is 12.2 Å². The molecule has 0 aliphatic heterocycles. The van der Waals surface area contributed by atoms with Gasteiger partial charge in [-0.15, -0.1) is 0 Å². The highest BCUT2D eigenvalue weighted by molar-refractivity contribution is 14.2. The summed E-state index contributed by atoms with van der Waals surface area (Å²) in [5.74, 6) is 2.60. The molecule has 0 aliphatic rings. The van der Waals surface area contributed by atoms with Crippen LogP contribution in [-0.2, 0) is 0 Å². The summed E-state index contributed by atoms with van der Waals surface area (Å²) in [5.41, 5.74) is 7.04. The third kappa shape index (κ3) is 4.93. The van der Waals surface area contributed by atoms with Crippen molar-refractivity contribution in [1.82, 2.24) is 0 Å². The first-order valence-electron chi connectivity index (χ1n) is 7.35. The molecule has 0 fully saturated rings. The van der Waals surface area contributed by atoms with Crippen molar-refractivity contribution in [2.24, 2.45) is 5.73 Å². The monoisotopic (exact) mass is 490 g/mol. The van der Waals surface area contributed by atoms with Gasteiger partial charge in [-0.25, -0.2) is 0 Å². The van der Waals surface area contributed by atoms with Gasteiger partial charge in [-0.05, 0) is 37.9 Å². The van der Waals surface area contributed by atoms with Gasteiger partial charge in [-0.1, -0.05) is 30.2 Å². The van der Waals surface area contributed by atoms with Crippen molar-refractivity contribution in [1.29, 1.82) is 0 Å². The van der Waals surface area contributed by atoms with Crippen LogP contribution in [0.4, 0.5) is 18.9 Å². The van der Waals surface area contributed by atoms with Gasteiger partial charge in [0.1, 0.15) is 6.04 Å². The maximum atomic E-state index is 12.8. The zero-order valence-electron chi connectivity index (χ0n) is 13.5. The first-order chi connectivity index (χ1) is 12.3. The molecule has 0 bridgehead atoms. The summed E-state index contributed by atoms with van der Waals surface area (Å²) in [7, 11) is 3.01. The van der Waals surface area contributed by atoms with E-state index in [2.05, 4.69) is 16.5 Å². The highest BCUT2D eigenvalue weighted by Crippen LogP contribution is 2.31. The molecule has 136 valence electrons. The number of ketones is 1. The molecular formula is C18H14F3IN2OS. The number of rotatable bonds is 4. The Balaban J connectivity index is 2.36. The lowest BCUT2D eigenvalue weighted by Gasteiger charge is -2.16. The Kier molecular flexibility index (Phi) is 6.97. The second kappa shape index (κ2) is 8.79. The lowest BCUT2D eigenvalue weighted by molar-refractivity contribution is -0.149. The molecule has 0 aliphatic carbocycles. The van der Waals surface area contributed by atoms with E-state index in [0.29, 0.717) is 16.8 Å². The molecule has 1 unspecified atom stereocenters. The van der Waals surface area contributed by atoms with Crippen LogP contribution < -0.4 is 11.1 Å². The van der Waals surface area contributed by atoms with Crippen molar-refractivity contribution in [3.05, 3.63) is 64.7 Å². The summed E-state index contributed by atoms with van der Waals surface area (Å²) in [6.45, 7) is 0. The van der Waals surface area contributed by atoms with Crippen molar-refractivity contribution in [2.45, 2.75) is 12.2 Å². The Morgan fingerprint density at radius 3 is 2.42 bits per heavy atom. The smallest absolute Gasteiger partial charge is 0.388 e. The second-order valence-corrected chi connectivity index (χ2v) is 6.96. The third-order valence-electron chi connectivity index (χ3n) is 3.65. The van der Waals surface area contributed by atoms with E-state index in [-0.39, 0.29) is 16.9 Å². The van der Waals surface area contributed by atoms with Crippen molar-refractivity contribution < 1.29 is 18.0 Å². The van der Waals surface area contributed by atoms with Crippen LogP contribution in [0.2, 0.25) is 0 Å². The molecule has 3 nitrogen and oxygen atoms in total. The normalized spacial score (nSPS) is 12.1. The Morgan fingerprint density at radius 1 is 1.23 bits per heavy atom. The van der Waals surface area contributed by atoms with Crippen LogP contribution in [0, 0.1) is 11.2 Å². The van der Waals surface area contributed by atoms with E-state index in [1.165, 1.54) is 33.2 Å². The standard InChI is InChI=1S/C18H14F3IN2OS/c1-24-15-7-2-11(8-9-26-22)10-14(15)16(25)12-3-5-13(6-4-12)17(23)18(19,20)21/h2-7,10,17,24H,23H2,1H3. The molecule has 0 saturated heterocycles. The highest BCUT2D eigenvalue weighted by atomic mass is 127. The SMILES string of the molecule is CNc1ccc(C#CSI)cc1C(=O)c1ccc(C(N)C(F)(F)F)cc1. The number of nitrogens with one attached hydrogen (secondary N) is 1. The van der Waals surface area contributed by atoms with Gasteiger partial charge in [-0.3, -0.25) is 4.79 Å². The van der Waals surface area contributed by atoms with Gasteiger partial charge in [0.2, 0.25) is 0 Å². The van der Waals surface area contributed by atoms with E-state index in [1.807, 2.05) is 21.2 Å². The van der Waals surface area contributed by atoms with E-state index in [9.17, 15) is 18.0 Å². The molecule has 0 spiro atoms. The van der Waals surface area contributed by atoms with Crippen molar-refractivity contribution in [2.75, 3.05) is 12.4 Å². The minimum Gasteiger partial charge on any atom is -0.388 e. The van der Waals surface area contributed by atoms with Crippen LogP contribution in [-0.4, -0.2) is 19.0 Å². The average molecular weight is 490 g/mol. The minimum absolute atomic E-state index is 0.0958. The topological polar surface area (TPSA) is 55.1 Å². The van der Waals surface area contributed by atoms with Crippen LogP contribution in [0.25, 0.3) is 0 Å². The Hall–Kier alpha value is -1.70. The van der Waals surface area contributed by atoms with Gasteiger partial charge in [-0.2, -0.15) is 13.2 Å². The van der Waals surface area contributed by atoms with Crippen molar-refractivity contribution in [3.8, 4) is 11.2 Å². The molecule has 8 heteroatoms. The number of hydrogen-bond acceptors (Lipinski definition) is 4. The van der Waals surface area contributed by atoms with Gasteiger partial charge in [0.05, 0.1) is 0 Å². The Bertz CT molecular complexity index is 857. The lowest BCUT2D eigenvalue weighted by Crippen LogP contribution is -2.28. The number of nitrogens with two attached hydrogens (primary N) is 1. The molecule has 2 aromatic rings. The fraction of sp³-hybridized carbons (Fsp3) is 0.167. The van der Waals surface area contributed by atoms with Crippen LogP contribution in [0.3, 0.4) is 0 Å². The van der Waals surface area contributed by atoms with E-state index >= 15 is 0 Å². The molecule has 0 saturated carbocycles. The fourth-order valence-electron chi connectivity index (χ4n) is 2.29. The first-order valence-corrected chi connectivity index (χ1v) is 10.7. The molecule has 2 aromatic carbocycles. The zero-order valence-corrected chi connectivity index (χ0v) is 16.5. The maximum absolute atomic E-state index is 12.8. The number of hydrogen-bond donors (Lipinski definition) is 2. The first kappa shape index (κ1) is 20.6. The molecule has 0 aromatic heterocycles. The number of carbonyl (C=O) groups excluding carboxylic acids is 1. The Labute approximate surface area is 165 Å². The third-order valence-corrected chi connectivity index (χ3v) is 4.49. The van der Waals surface area contributed by atoms with Gasteiger partial charge in [0.15, 0.2) is 5.78 Å². The summed E-state index contributed by atoms with van der Waals surface area (Å²) in [5, 5.41) is 5.78. The predicted octanol–water partition coefficient (Wildman–Crippen LogP) is 4.91. The molecule has 0 radical (unpaired) electrons. The predicted molar refractivity (Wildman–Crippen MR) is 107 cm³/mol. The maximum Gasteiger partial charge on any atom is 0.407 e. The number of halogens is 4. The average Bonchev–Trinajstić information content (AvgIpc) is 2.64. The van der Waals surface area contributed by atoms with Gasteiger partial charge < -0.3 is 11.1 Å².